The van der Waals surface area contributed by atoms with E-state index in [1.165, 1.54) is 13.2 Å². The van der Waals surface area contributed by atoms with Gasteiger partial charge in [-0.2, -0.15) is 0 Å². The Hall–Kier alpha value is -3.60. The van der Waals surface area contributed by atoms with E-state index < -0.39 is 5.63 Å². The first kappa shape index (κ1) is 16.8. The maximum atomic E-state index is 12.1. The van der Waals surface area contributed by atoms with Gasteiger partial charge in [-0.1, -0.05) is 36.4 Å². The number of ether oxygens (including phenoxy) is 2. The molecule has 0 aliphatic carbocycles. The van der Waals surface area contributed by atoms with Crippen molar-refractivity contribution in [1.29, 1.82) is 0 Å². The van der Waals surface area contributed by atoms with E-state index in [1.807, 2.05) is 36.4 Å². The number of hydrogen-bond donors (Lipinski definition) is 0. The quantitative estimate of drug-likeness (QED) is 0.301. The highest BCUT2D eigenvalue weighted by Gasteiger charge is 2.11. The van der Waals surface area contributed by atoms with Crippen molar-refractivity contribution in [2.24, 2.45) is 0 Å². The Labute approximate surface area is 154 Å². The molecule has 1 heterocycles. The lowest BCUT2D eigenvalue weighted by atomic mass is 10.0. The molecule has 1 aromatic heterocycles. The molecule has 27 heavy (non-hydrogen) atoms. The largest absolute Gasteiger partial charge is 0.493 e. The Morgan fingerprint density at radius 3 is 2.63 bits per heavy atom. The van der Waals surface area contributed by atoms with E-state index in [-0.39, 0.29) is 6.61 Å². The monoisotopic (exact) mass is 360 g/mol. The first-order valence-corrected chi connectivity index (χ1v) is 8.40. The minimum Gasteiger partial charge on any atom is -0.493 e. The number of fused-ring (bicyclic) bond motifs is 3. The lowest BCUT2D eigenvalue weighted by Gasteiger charge is -2.12. The summed E-state index contributed by atoms with van der Waals surface area (Å²) in [5, 5.41) is 2.69. The molecule has 0 saturated heterocycles. The molecule has 5 heteroatoms. The predicted molar refractivity (Wildman–Crippen MR) is 103 cm³/mol. The van der Waals surface area contributed by atoms with E-state index in [4.69, 9.17) is 13.9 Å². The Morgan fingerprint density at radius 2 is 1.81 bits per heavy atom. The number of hydrogen-bond acceptors (Lipinski definition) is 5. The van der Waals surface area contributed by atoms with Gasteiger partial charge in [0.25, 0.3) is 0 Å². The zero-order chi connectivity index (χ0) is 18.8. The van der Waals surface area contributed by atoms with E-state index >= 15 is 0 Å². The highest BCUT2D eigenvalue weighted by Crippen LogP contribution is 2.30. The zero-order valence-corrected chi connectivity index (χ0v) is 14.6. The van der Waals surface area contributed by atoms with Gasteiger partial charge in [0, 0.05) is 28.0 Å². The van der Waals surface area contributed by atoms with Crippen molar-refractivity contribution in [3.05, 3.63) is 82.2 Å². The van der Waals surface area contributed by atoms with Gasteiger partial charge in [0.05, 0.1) is 7.11 Å². The summed E-state index contributed by atoms with van der Waals surface area (Å²) in [6.07, 6.45) is 0.743. The van der Waals surface area contributed by atoms with Gasteiger partial charge in [-0.3, -0.25) is 4.79 Å². The summed E-state index contributed by atoms with van der Waals surface area (Å²) >= 11 is 0. The predicted octanol–water partition coefficient (Wildman–Crippen LogP) is 4.35. The number of rotatable bonds is 5. The minimum atomic E-state index is -0.430. The normalized spacial score (nSPS) is 10.9. The van der Waals surface area contributed by atoms with Crippen LogP contribution in [-0.4, -0.2) is 13.4 Å². The molecule has 0 N–H and O–H groups in total. The van der Waals surface area contributed by atoms with E-state index in [1.54, 1.807) is 18.2 Å². The van der Waals surface area contributed by atoms with E-state index in [9.17, 15) is 9.59 Å². The molecule has 0 amide bonds. The van der Waals surface area contributed by atoms with Crippen molar-refractivity contribution in [2.75, 3.05) is 7.11 Å². The number of carbonyl (C=O) groups is 1. The molecule has 0 fully saturated rings. The van der Waals surface area contributed by atoms with Crippen molar-refractivity contribution >= 4 is 28.0 Å². The third-order valence-corrected chi connectivity index (χ3v) is 4.43. The summed E-state index contributed by atoms with van der Waals surface area (Å²) in [5.41, 5.74) is 1.33. The first-order chi connectivity index (χ1) is 13.2. The lowest BCUT2D eigenvalue weighted by molar-refractivity contribution is 0.112. The van der Waals surface area contributed by atoms with E-state index in [0.29, 0.717) is 28.2 Å². The van der Waals surface area contributed by atoms with Gasteiger partial charge in [-0.05, 0) is 23.6 Å². The Bertz CT molecular complexity index is 1210. The van der Waals surface area contributed by atoms with Gasteiger partial charge in [0.2, 0.25) is 0 Å². The highest BCUT2D eigenvalue weighted by atomic mass is 16.5. The summed E-state index contributed by atoms with van der Waals surface area (Å²) in [6.45, 7) is 0.164. The molecule has 4 rings (SSSR count). The second-order valence-corrected chi connectivity index (χ2v) is 6.07. The summed E-state index contributed by atoms with van der Waals surface area (Å²) in [6, 6.07) is 18.0. The fourth-order valence-corrected chi connectivity index (χ4v) is 3.11. The van der Waals surface area contributed by atoms with Crippen LogP contribution in [0.1, 0.15) is 15.9 Å². The van der Waals surface area contributed by atoms with Crippen LogP contribution in [0.25, 0.3) is 21.7 Å². The molecule has 0 bridgehead atoms. The van der Waals surface area contributed by atoms with Gasteiger partial charge < -0.3 is 13.9 Å². The Morgan fingerprint density at radius 1 is 0.963 bits per heavy atom. The van der Waals surface area contributed by atoms with Crippen LogP contribution in [0.15, 0.2) is 69.9 Å². The highest BCUT2D eigenvalue weighted by molar-refractivity contribution is 6.04. The number of benzene rings is 3. The summed E-state index contributed by atoms with van der Waals surface area (Å²) in [4.78, 5) is 23.0. The molecule has 0 radical (unpaired) electrons. The number of methoxy groups -OCH3 is 1. The maximum Gasteiger partial charge on any atom is 0.336 e. The third-order valence-electron chi connectivity index (χ3n) is 4.43. The molecule has 0 atom stereocenters. The average molecular weight is 360 g/mol. The van der Waals surface area contributed by atoms with Crippen molar-refractivity contribution in [3.8, 4) is 11.5 Å². The van der Waals surface area contributed by atoms with Crippen LogP contribution < -0.4 is 15.1 Å². The topological polar surface area (TPSA) is 65.7 Å². The second kappa shape index (κ2) is 6.96. The van der Waals surface area contributed by atoms with Crippen molar-refractivity contribution in [1.82, 2.24) is 0 Å². The maximum absolute atomic E-state index is 12.1. The van der Waals surface area contributed by atoms with Crippen LogP contribution in [0.3, 0.4) is 0 Å². The summed E-state index contributed by atoms with van der Waals surface area (Å²) in [7, 11) is 1.51. The van der Waals surface area contributed by atoms with E-state index in [0.717, 1.165) is 22.4 Å². The first-order valence-electron chi connectivity index (χ1n) is 8.40. The smallest absolute Gasteiger partial charge is 0.336 e. The Kier molecular flexibility index (Phi) is 4.34. The Balaban J connectivity index is 1.75. The van der Waals surface area contributed by atoms with Crippen LogP contribution in [0.2, 0.25) is 0 Å². The fraction of sp³-hybridized carbons (Fsp3) is 0.0909. The van der Waals surface area contributed by atoms with Crippen LogP contribution in [0.5, 0.6) is 11.5 Å². The summed E-state index contributed by atoms with van der Waals surface area (Å²) in [5.74, 6) is 0.947. The van der Waals surface area contributed by atoms with Crippen LogP contribution >= 0.6 is 0 Å². The molecule has 3 aromatic carbocycles. The average Bonchev–Trinajstić information content (AvgIpc) is 2.71. The van der Waals surface area contributed by atoms with Gasteiger partial charge in [-0.15, -0.1) is 0 Å². The van der Waals surface area contributed by atoms with Crippen LogP contribution in [0.4, 0.5) is 0 Å². The molecule has 0 saturated carbocycles. The minimum absolute atomic E-state index is 0.164. The molecule has 0 spiro atoms. The van der Waals surface area contributed by atoms with Crippen molar-refractivity contribution in [3.63, 3.8) is 0 Å². The molecule has 0 unspecified atom stereocenters. The molecule has 4 aromatic rings. The summed E-state index contributed by atoms with van der Waals surface area (Å²) < 4.78 is 16.6. The second-order valence-electron chi connectivity index (χ2n) is 6.07. The molecular formula is C22H16O5. The van der Waals surface area contributed by atoms with Crippen molar-refractivity contribution < 1.29 is 18.7 Å². The molecular weight excluding hydrogens is 344 g/mol. The third kappa shape index (κ3) is 3.15. The number of aldehydes is 1. The van der Waals surface area contributed by atoms with E-state index in [2.05, 4.69) is 0 Å². The molecule has 0 aliphatic heterocycles. The van der Waals surface area contributed by atoms with Gasteiger partial charge >= 0.3 is 5.63 Å². The van der Waals surface area contributed by atoms with Crippen LogP contribution in [0, 0.1) is 0 Å². The van der Waals surface area contributed by atoms with Crippen LogP contribution in [-0.2, 0) is 6.61 Å². The fourth-order valence-electron chi connectivity index (χ4n) is 3.11. The van der Waals surface area contributed by atoms with Gasteiger partial charge in [-0.25, -0.2) is 4.79 Å². The zero-order valence-electron chi connectivity index (χ0n) is 14.6. The standard InChI is InChI=1S/C22H16O5/c1-25-20-10-14(12-23)6-9-19(20)26-13-16-11-21(24)27-22-17-5-3-2-4-15(17)7-8-18(16)22/h2-12H,13H2,1H3. The lowest BCUT2D eigenvalue weighted by Crippen LogP contribution is -2.05. The van der Waals surface area contributed by atoms with Crippen molar-refractivity contribution in [2.45, 2.75) is 6.61 Å². The number of carbonyl (C=O) groups excluding carboxylic acids is 1. The molecule has 0 aliphatic rings. The molecule has 5 nitrogen and oxygen atoms in total. The SMILES string of the molecule is COc1cc(C=O)ccc1OCc1cc(=O)oc2c1ccc1ccccc12. The molecule has 134 valence electrons. The van der Waals surface area contributed by atoms with Gasteiger partial charge in [0.15, 0.2) is 11.5 Å². The van der Waals surface area contributed by atoms with Gasteiger partial charge in [0.1, 0.15) is 18.5 Å².